The zero-order chi connectivity index (χ0) is 15.9. The monoisotopic (exact) mass is 372 g/mol. The van der Waals surface area contributed by atoms with Crippen molar-refractivity contribution in [1.82, 2.24) is 19.6 Å². The Morgan fingerprint density at radius 3 is 2.24 bits per heavy atom. The summed E-state index contributed by atoms with van der Waals surface area (Å²) in [5, 5.41) is 9.30. The van der Waals surface area contributed by atoms with E-state index in [1.54, 1.807) is 4.68 Å². The van der Waals surface area contributed by atoms with Crippen LogP contribution in [0.25, 0.3) is 0 Å². The molecule has 7 heteroatoms. The molecule has 0 fully saturated rings. The topological polar surface area (TPSA) is 52.7 Å². The standard InChI is InChI=1S/C14H18BrClN4O/c1-7(6-19-11(5)13(16)9(3)17-19)14(21)20-10(4)12(15)8(2)18-20/h7H,6H2,1-5H3/t7-/m0/s1. The molecule has 0 aliphatic carbocycles. The molecule has 0 amide bonds. The first-order chi connectivity index (χ1) is 9.73. The zero-order valence-corrected chi connectivity index (χ0v) is 15.1. The Hall–Kier alpha value is -1.14. The van der Waals surface area contributed by atoms with E-state index >= 15 is 0 Å². The van der Waals surface area contributed by atoms with E-state index in [4.69, 9.17) is 11.6 Å². The molecule has 2 aromatic rings. The van der Waals surface area contributed by atoms with E-state index < -0.39 is 0 Å². The number of aryl methyl sites for hydroxylation is 2. The second kappa shape index (κ2) is 5.93. The Kier molecular flexibility index (Phi) is 4.58. The Balaban J connectivity index is 2.23. The van der Waals surface area contributed by atoms with Gasteiger partial charge in [-0.15, -0.1) is 0 Å². The van der Waals surface area contributed by atoms with Gasteiger partial charge in [-0.05, 0) is 43.6 Å². The highest BCUT2D eigenvalue weighted by Gasteiger charge is 2.22. The van der Waals surface area contributed by atoms with E-state index in [0.717, 1.165) is 27.2 Å². The molecule has 5 nitrogen and oxygen atoms in total. The van der Waals surface area contributed by atoms with E-state index in [-0.39, 0.29) is 11.8 Å². The summed E-state index contributed by atoms with van der Waals surface area (Å²) in [6, 6.07) is 0. The Labute approximate surface area is 137 Å². The van der Waals surface area contributed by atoms with Gasteiger partial charge in [0, 0.05) is 0 Å². The largest absolute Gasteiger partial charge is 0.272 e. The van der Waals surface area contributed by atoms with Gasteiger partial charge in [-0.3, -0.25) is 9.48 Å². The molecule has 2 aromatic heterocycles. The van der Waals surface area contributed by atoms with Crippen LogP contribution in [0.1, 0.15) is 34.5 Å². The number of hydrogen-bond donors (Lipinski definition) is 0. The van der Waals surface area contributed by atoms with Gasteiger partial charge in [0.25, 0.3) is 5.91 Å². The van der Waals surface area contributed by atoms with Gasteiger partial charge in [-0.1, -0.05) is 18.5 Å². The predicted molar refractivity (Wildman–Crippen MR) is 85.9 cm³/mol. The van der Waals surface area contributed by atoms with Crippen molar-refractivity contribution < 1.29 is 4.79 Å². The summed E-state index contributed by atoms with van der Waals surface area (Å²) in [7, 11) is 0. The van der Waals surface area contributed by atoms with E-state index in [1.165, 1.54) is 4.68 Å². The maximum atomic E-state index is 12.5. The second-order valence-corrected chi connectivity index (χ2v) is 6.47. The lowest BCUT2D eigenvalue weighted by Crippen LogP contribution is -2.26. The molecule has 0 aliphatic rings. The number of halogens is 2. The highest BCUT2D eigenvalue weighted by atomic mass is 79.9. The van der Waals surface area contributed by atoms with E-state index in [1.807, 2.05) is 34.6 Å². The van der Waals surface area contributed by atoms with Crippen molar-refractivity contribution in [1.29, 1.82) is 0 Å². The number of aromatic nitrogens is 4. The van der Waals surface area contributed by atoms with E-state index in [9.17, 15) is 4.79 Å². The number of carbonyl (C=O) groups is 1. The van der Waals surface area contributed by atoms with Crippen molar-refractivity contribution in [2.45, 2.75) is 41.2 Å². The van der Waals surface area contributed by atoms with Crippen molar-refractivity contribution in [3.05, 3.63) is 32.3 Å². The summed E-state index contributed by atoms with van der Waals surface area (Å²) < 4.78 is 4.11. The van der Waals surface area contributed by atoms with Gasteiger partial charge in [-0.25, -0.2) is 4.68 Å². The maximum Gasteiger partial charge on any atom is 0.251 e. The first-order valence-corrected chi connectivity index (χ1v) is 7.86. The van der Waals surface area contributed by atoms with Crippen molar-refractivity contribution in [2.24, 2.45) is 5.92 Å². The van der Waals surface area contributed by atoms with Gasteiger partial charge < -0.3 is 0 Å². The lowest BCUT2D eigenvalue weighted by molar-refractivity contribution is 0.0809. The van der Waals surface area contributed by atoms with E-state index in [0.29, 0.717) is 11.6 Å². The molecular formula is C14H18BrClN4O. The molecule has 114 valence electrons. The summed E-state index contributed by atoms with van der Waals surface area (Å²) in [4.78, 5) is 12.5. The molecule has 0 aromatic carbocycles. The van der Waals surface area contributed by atoms with Crippen LogP contribution in [-0.4, -0.2) is 25.5 Å². The summed E-state index contributed by atoms with van der Waals surface area (Å²) in [5.41, 5.74) is 3.28. The van der Waals surface area contributed by atoms with Crippen LogP contribution in [0.2, 0.25) is 5.02 Å². The van der Waals surface area contributed by atoms with Crippen LogP contribution in [0.15, 0.2) is 4.47 Å². The normalized spacial score (nSPS) is 12.7. The highest BCUT2D eigenvalue weighted by Crippen LogP contribution is 2.22. The summed E-state index contributed by atoms with van der Waals surface area (Å²) in [5.74, 6) is -0.297. The SMILES string of the molecule is Cc1nn(C[C@H](C)C(=O)n2nc(C)c(Br)c2C)c(C)c1Cl. The molecule has 0 radical (unpaired) electrons. The number of hydrogen-bond acceptors (Lipinski definition) is 3. The van der Waals surface area contributed by atoms with Gasteiger partial charge in [0.1, 0.15) is 0 Å². The van der Waals surface area contributed by atoms with Crippen LogP contribution in [0.5, 0.6) is 0 Å². The smallest absolute Gasteiger partial charge is 0.251 e. The number of rotatable bonds is 3. The third kappa shape index (κ3) is 2.92. The number of nitrogens with zero attached hydrogens (tertiary/aromatic N) is 4. The van der Waals surface area contributed by atoms with Crippen LogP contribution in [0, 0.1) is 33.6 Å². The fourth-order valence-corrected chi connectivity index (χ4v) is 2.62. The third-order valence-corrected chi connectivity index (χ3v) is 5.27. The lowest BCUT2D eigenvalue weighted by atomic mass is 10.1. The van der Waals surface area contributed by atoms with Gasteiger partial charge in [0.05, 0.1) is 44.7 Å². The third-order valence-electron chi connectivity index (χ3n) is 3.57. The van der Waals surface area contributed by atoms with Crippen LogP contribution in [-0.2, 0) is 6.54 Å². The minimum atomic E-state index is -0.246. The minimum Gasteiger partial charge on any atom is -0.272 e. The molecular weight excluding hydrogens is 356 g/mol. The van der Waals surface area contributed by atoms with Crippen LogP contribution in [0.4, 0.5) is 0 Å². The van der Waals surface area contributed by atoms with Crippen LogP contribution < -0.4 is 0 Å². The highest BCUT2D eigenvalue weighted by molar-refractivity contribution is 9.10. The predicted octanol–water partition coefficient (Wildman–Crippen LogP) is 3.71. The van der Waals surface area contributed by atoms with Gasteiger partial charge >= 0.3 is 0 Å². The van der Waals surface area contributed by atoms with E-state index in [2.05, 4.69) is 26.1 Å². The quantitative estimate of drug-likeness (QED) is 0.824. The van der Waals surface area contributed by atoms with Crippen molar-refractivity contribution in [3.8, 4) is 0 Å². The van der Waals surface area contributed by atoms with Gasteiger partial charge in [0.2, 0.25) is 0 Å². The second-order valence-electron chi connectivity index (χ2n) is 5.30. The molecule has 2 heterocycles. The summed E-state index contributed by atoms with van der Waals surface area (Å²) >= 11 is 9.57. The lowest BCUT2D eigenvalue weighted by Gasteiger charge is -2.13. The van der Waals surface area contributed by atoms with Gasteiger partial charge in [-0.2, -0.15) is 10.2 Å². The fourth-order valence-electron chi connectivity index (χ4n) is 2.24. The summed E-state index contributed by atoms with van der Waals surface area (Å²) in [6.07, 6.45) is 0. The molecule has 0 aliphatic heterocycles. The molecule has 0 N–H and O–H groups in total. The molecule has 0 bridgehead atoms. The fraction of sp³-hybridized carbons (Fsp3) is 0.500. The van der Waals surface area contributed by atoms with Gasteiger partial charge in [0.15, 0.2) is 0 Å². The average Bonchev–Trinajstić information content (AvgIpc) is 2.83. The molecule has 1 atom stereocenters. The Morgan fingerprint density at radius 1 is 1.19 bits per heavy atom. The maximum absolute atomic E-state index is 12.5. The Bertz CT molecular complexity index is 704. The molecule has 2 rings (SSSR count). The van der Waals surface area contributed by atoms with Crippen molar-refractivity contribution >= 4 is 33.4 Å². The molecule has 0 spiro atoms. The van der Waals surface area contributed by atoms with Crippen molar-refractivity contribution in [2.75, 3.05) is 0 Å². The molecule has 0 unspecified atom stereocenters. The van der Waals surface area contributed by atoms with Crippen LogP contribution >= 0.6 is 27.5 Å². The van der Waals surface area contributed by atoms with Crippen LogP contribution in [0.3, 0.4) is 0 Å². The first kappa shape index (κ1) is 16.2. The Morgan fingerprint density at radius 2 is 1.81 bits per heavy atom. The summed E-state index contributed by atoms with van der Waals surface area (Å²) in [6.45, 7) is 9.85. The van der Waals surface area contributed by atoms with Crippen molar-refractivity contribution in [3.63, 3.8) is 0 Å². The number of carbonyl (C=O) groups excluding carboxylic acids is 1. The first-order valence-electron chi connectivity index (χ1n) is 6.69. The molecule has 0 saturated carbocycles. The molecule has 0 saturated heterocycles. The molecule has 21 heavy (non-hydrogen) atoms. The zero-order valence-electron chi connectivity index (χ0n) is 12.7. The minimum absolute atomic E-state index is 0.0509. The average molecular weight is 374 g/mol.